The molecule has 0 aliphatic heterocycles. The first-order valence-corrected chi connectivity index (χ1v) is 8.30. The van der Waals surface area contributed by atoms with E-state index in [2.05, 4.69) is 9.71 Å². The molecule has 0 saturated carbocycles. The topological polar surface area (TPSA) is 85.1 Å². The minimum atomic E-state index is -3.45. The number of nitrogens with two attached hydrogens (primary N) is 1. The summed E-state index contributed by atoms with van der Waals surface area (Å²) in [5, 5.41) is 0. The number of aryl methyl sites for hydroxylation is 3. The minimum absolute atomic E-state index is 0.0314. The van der Waals surface area contributed by atoms with E-state index in [0.29, 0.717) is 17.8 Å². The van der Waals surface area contributed by atoms with Gasteiger partial charge in [-0.2, -0.15) is 0 Å². The van der Waals surface area contributed by atoms with E-state index in [4.69, 9.17) is 5.73 Å². The van der Waals surface area contributed by atoms with Gasteiger partial charge >= 0.3 is 0 Å². The molecule has 112 valence electrons. The fourth-order valence-electron chi connectivity index (χ4n) is 1.93. The average Bonchev–Trinajstić information content (AvgIpc) is 2.44. The van der Waals surface area contributed by atoms with Crippen molar-refractivity contribution in [1.82, 2.24) is 4.98 Å². The van der Waals surface area contributed by atoms with Crippen molar-refractivity contribution in [3.05, 3.63) is 53.3 Å². The number of rotatable bonds is 5. The van der Waals surface area contributed by atoms with Crippen LogP contribution in [0.15, 0.2) is 36.5 Å². The van der Waals surface area contributed by atoms with Gasteiger partial charge in [-0.05, 0) is 49.2 Å². The molecule has 0 bridgehead atoms. The van der Waals surface area contributed by atoms with Crippen molar-refractivity contribution >= 4 is 21.4 Å². The van der Waals surface area contributed by atoms with Crippen molar-refractivity contribution in [2.24, 2.45) is 0 Å². The molecule has 0 unspecified atom stereocenters. The van der Waals surface area contributed by atoms with Gasteiger partial charge in [-0.25, -0.2) is 8.42 Å². The van der Waals surface area contributed by atoms with Crippen LogP contribution >= 0.6 is 0 Å². The number of nitrogens with zero attached hydrogens (tertiary/aromatic N) is 1. The second-order valence-corrected chi connectivity index (χ2v) is 6.86. The van der Waals surface area contributed by atoms with Crippen LogP contribution in [-0.2, 0) is 16.4 Å². The molecular formula is C15H19N3O2S. The summed E-state index contributed by atoms with van der Waals surface area (Å²) in [6, 6.07) is 8.96. The van der Waals surface area contributed by atoms with Crippen LogP contribution in [0.25, 0.3) is 0 Å². The van der Waals surface area contributed by atoms with Crippen molar-refractivity contribution in [1.29, 1.82) is 0 Å². The lowest BCUT2D eigenvalue weighted by molar-refractivity contribution is 0.600. The van der Waals surface area contributed by atoms with E-state index in [1.807, 2.05) is 19.9 Å². The second-order valence-electron chi connectivity index (χ2n) is 5.02. The molecule has 0 radical (unpaired) electrons. The Bertz CT molecular complexity index is 728. The number of anilines is 2. The number of nitrogens with one attached hydrogen (secondary N) is 1. The third-order valence-electron chi connectivity index (χ3n) is 3.28. The van der Waals surface area contributed by atoms with Crippen molar-refractivity contribution in [3.8, 4) is 0 Å². The Hall–Kier alpha value is -2.08. The Morgan fingerprint density at radius 1 is 1.19 bits per heavy atom. The maximum absolute atomic E-state index is 12.1. The number of aromatic nitrogens is 1. The highest BCUT2D eigenvalue weighted by Crippen LogP contribution is 2.24. The molecular weight excluding hydrogens is 286 g/mol. The molecule has 0 aliphatic rings. The number of pyridine rings is 1. The third kappa shape index (κ3) is 4.19. The van der Waals surface area contributed by atoms with Gasteiger partial charge in [-0.1, -0.05) is 6.07 Å². The molecule has 3 N–H and O–H groups in total. The molecule has 0 saturated heterocycles. The molecule has 0 atom stereocenters. The summed E-state index contributed by atoms with van der Waals surface area (Å²) in [7, 11) is -3.45. The fourth-order valence-corrected chi connectivity index (χ4v) is 3.02. The van der Waals surface area contributed by atoms with Crippen molar-refractivity contribution in [2.45, 2.75) is 20.3 Å². The van der Waals surface area contributed by atoms with Gasteiger partial charge < -0.3 is 5.73 Å². The molecule has 0 spiro atoms. The highest BCUT2D eigenvalue weighted by molar-refractivity contribution is 7.92. The quantitative estimate of drug-likeness (QED) is 0.830. The third-order valence-corrected chi connectivity index (χ3v) is 4.56. The normalized spacial score (nSPS) is 11.3. The van der Waals surface area contributed by atoms with Gasteiger partial charge in [-0.15, -0.1) is 0 Å². The van der Waals surface area contributed by atoms with Gasteiger partial charge in [-0.3, -0.25) is 9.71 Å². The summed E-state index contributed by atoms with van der Waals surface area (Å²) in [5.74, 6) is -0.0314. The summed E-state index contributed by atoms with van der Waals surface area (Å²) in [6.45, 7) is 3.85. The first-order chi connectivity index (χ1) is 9.87. The van der Waals surface area contributed by atoms with E-state index in [0.717, 1.165) is 16.8 Å². The van der Waals surface area contributed by atoms with Crippen molar-refractivity contribution < 1.29 is 8.42 Å². The van der Waals surface area contributed by atoms with E-state index in [1.54, 1.807) is 30.5 Å². The van der Waals surface area contributed by atoms with Gasteiger partial charge in [0.1, 0.15) is 0 Å². The zero-order chi connectivity index (χ0) is 15.5. The smallest absolute Gasteiger partial charge is 0.233 e. The average molecular weight is 305 g/mol. The monoisotopic (exact) mass is 305 g/mol. The number of nitrogen functional groups attached to an aromatic ring is 1. The van der Waals surface area contributed by atoms with Gasteiger partial charge in [0, 0.05) is 18.3 Å². The Morgan fingerprint density at radius 2 is 1.90 bits per heavy atom. The lowest BCUT2D eigenvalue weighted by Gasteiger charge is -2.12. The lowest BCUT2D eigenvalue weighted by atomic mass is 10.1. The standard InChI is InChI=1S/C15H19N3O2S/c1-11-9-14(16)15(10-12(11)2)18-21(19,20)8-6-13-5-3-4-7-17-13/h3-5,7,9-10,18H,6,8,16H2,1-2H3. The van der Waals surface area contributed by atoms with Gasteiger partial charge in [0.2, 0.25) is 10.0 Å². The first-order valence-electron chi connectivity index (χ1n) is 6.64. The van der Waals surface area contributed by atoms with Crippen LogP contribution in [0.3, 0.4) is 0 Å². The minimum Gasteiger partial charge on any atom is -0.397 e. The molecule has 1 aromatic carbocycles. The summed E-state index contributed by atoms with van der Waals surface area (Å²) < 4.78 is 26.8. The van der Waals surface area contributed by atoms with E-state index < -0.39 is 10.0 Å². The molecule has 21 heavy (non-hydrogen) atoms. The van der Waals surface area contributed by atoms with Crippen LogP contribution in [0.2, 0.25) is 0 Å². The van der Waals surface area contributed by atoms with Crippen molar-refractivity contribution in [3.63, 3.8) is 0 Å². The van der Waals surface area contributed by atoms with E-state index in [1.165, 1.54) is 0 Å². The number of hydrogen-bond acceptors (Lipinski definition) is 4. The summed E-state index contributed by atoms with van der Waals surface area (Å²) >= 11 is 0. The van der Waals surface area contributed by atoms with E-state index >= 15 is 0 Å². The zero-order valence-corrected chi connectivity index (χ0v) is 12.9. The molecule has 2 rings (SSSR count). The molecule has 2 aromatic rings. The lowest BCUT2D eigenvalue weighted by Crippen LogP contribution is -2.19. The van der Waals surface area contributed by atoms with E-state index in [9.17, 15) is 8.42 Å². The van der Waals surface area contributed by atoms with Crippen LogP contribution < -0.4 is 10.5 Å². The number of benzene rings is 1. The SMILES string of the molecule is Cc1cc(N)c(NS(=O)(=O)CCc2ccccn2)cc1C. The van der Waals surface area contributed by atoms with Crippen LogP contribution in [0, 0.1) is 13.8 Å². The number of sulfonamides is 1. The Morgan fingerprint density at radius 3 is 2.57 bits per heavy atom. The molecule has 1 heterocycles. The first kappa shape index (κ1) is 15.3. The van der Waals surface area contributed by atoms with Gasteiger partial charge in [0.15, 0.2) is 0 Å². The predicted octanol–water partition coefficient (Wildman–Crippen LogP) is 2.27. The van der Waals surface area contributed by atoms with Gasteiger partial charge in [0.05, 0.1) is 17.1 Å². The molecule has 0 fully saturated rings. The van der Waals surface area contributed by atoms with Crippen molar-refractivity contribution in [2.75, 3.05) is 16.2 Å². The predicted molar refractivity (Wildman–Crippen MR) is 85.7 cm³/mol. The second kappa shape index (κ2) is 6.13. The largest absolute Gasteiger partial charge is 0.397 e. The van der Waals surface area contributed by atoms with E-state index in [-0.39, 0.29) is 5.75 Å². The van der Waals surface area contributed by atoms with Crippen LogP contribution in [0.1, 0.15) is 16.8 Å². The maximum atomic E-state index is 12.1. The van der Waals surface area contributed by atoms with Crippen LogP contribution in [0.4, 0.5) is 11.4 Å². The van der Waals surface area contributed by atoms with Gasteiger partial charge in [0.25, 0.3) is 0 Å². The zero-order valence-electron chi connectivity index (χ0n) is 12.1. The summed E-state index contributed by atoms with van der Waals surface area (Å²) in [4.78, 5) is 4.12. The Kier molecular flexibility index (Phi) is 4.47. The summed E-state index contributed by atoms with van der Waals surface area (Å²) in [6.07, 6.45) is 2.01. The molecule has 5 nitrogen and oxygen atoms in total. The highest BCUT2D eigenvalue weighted by Gasteiger charge is 2.13. The molecule has 0 amide bonds. The van der Waals surface area contributed by atoms with Crippen LogP contribution in [-0.4, -0.2) is 19.2 Å². The fraction of sp³-hybridized carbons (Fsp3) is 0.267. The maximum Gasteiger partial charge on any atom is 0.233 e. The number of hydrogen-bond donors (Lipinski definition) is 2. The molecule has 6 heteroatoms. The molecule has 1 aromatic heterocycles. The Balaban J connectivity index is 2.09. The molecule has 0 aliphatic carbocycles. The highest BCUT2D eigenvalue weighted by atomic mass is 32.2. The van der Waals surface area contributed by atoms with Crippen LogP contribution in [0.5, 0.6) is 0 Å². The Labute approximate surface area is 125 Å². The summed E-state index contributed by atoms with van der Waals surface area (Å²) in [5.41, 5.74) is 9.50.